The molecule has 0 aromatic rings. The van der Waals surface area contributed by atoms with E-state index in [-0.39, 0.29) is 0 Å². The molecule has 0 fully saturated rings. The zero-order chi connectivity index (χ0) is 14.0. The molecule has 2 rings (SSSR count). The standard InChI is InChI=1S/C13H10N4O2/c1-9-8-17(13(15)19)7-4-11(9)10-2-5-16(6-3-10)12(14)18/h2-5,7H,1H3,(H2-2,14,15,18,19)/p+2. The number of allylic oxidation sites excluding steroid dienone is 6. The van der Waals surface area contributed by atoms with Gasteiger partial charge in [-0.1, -0.05) is 0 Å². The first kappa shape index (κ1) is 12.5. The summed E-state index contributed by atoms with van der Waals surface area (Å²) in [6.07, 6.45) is 13.7. The number of primary amides is 2. The number of rotatable bonds is 0. The maximum Gasteiger partial charge on any atom is 0.411 e. The SMILES string of the molecule is CC1=[C+]N(C(N)=O)C=CC1=C1C=[C+]N(C(N)=O)C=C1. The minimum atomic E-state index is -0.602. The average Bonchev–Trinajstić information content (AvgIpc) is 2.38. The second-order valence-electron chi connectivity index (χ2n) is 3.93. The van der Waals surface area contributed by atoms with Crippen LogP contribution in [0.15, 0.2) is 47.3 Å². The molecule has 0 aliphatic carbocycles. The number of carbonyl (C=O) groups is 2. The summed E-state index contributed by atoms with van der Waals surface area (Å²) in [5.74, 6) is 0. The minimum absolute atomic E-state index is 0.596. The first-order chi connectivity index (χ1) is 8.99. The van der Waals surface area contributed by atoms with Crippen LogP contribution in [0, 0.1) is 12.4 Å². The Hall–Kier alpha value is -2.94. The van der Waals surface area contributed by atoms with Crippen LogP contribution in [-0.4, -0.2) is 21.9 Å². The number of nitrogens with zero attached hydrogens (tertiary/aromatic N) is 2. The van der Waals surface area contributed by atoms with Gasteiger partial charge in [-0.2, -0.15) is 9.59 Å². The summed E-state index contributed by atoms with van der Waals surface area (Å²) in [5.41, 5.74) is 12.7. The van der Waals surface area contributed by atoms with Gasteiger partial charge in [-0.15, -0.1) is 9.80 Å². The molecule has 6 heteroatoms. The molecule has 0 saturated carbocycles. The lowest BCUT2D eigenvalue weighted by molar-refractivity contribution is 0.232. The van der Waals surface area contributed by atoms with Crippen LogP contribution >= 0.6 is 0 Å². The van der Waals surface area contributed by atoms with Gasteiger partial charge in [-0.25, -0.2) is 0 Å². The van der Waals surface area contributed by atoms with Crippen LogP contribution < -0.4 is 11.5 Å². The maximum absolute atomic E-state index is 11.0. The van der Waals surface area contributed by atoms with Crippen LogP contribution in [0.2, 0.25) is 0 Å². The Morgan fingerprint density at radius 1 is 1.11 bits per heavy atom. The summed E-state index contributed by atoms with van der Waals surface area (Å²) >= 11 is 0. The lowest BCUT2D eigenvalue weighted by atomic mass is 9.98. The Bertz CT molecular complexity index is 565. The quantitative estimate of drug-likeness (QED) is 0.635. The number of carbonyl (C=O) groups excluding carboxylic acids is 2. The van der Waals surface area contributed by atoms with Gasteiger partial charge in [0.1, 0.15) is 47.6 Å². The fourth-order valence-electron chi connectivity index (χ4n) is 1.68. The predicted octanol–water partition coefficient (Wildman–Crippen LogP) is 1.12. The van der Waals surface area contributed by atoms with E-state index in [2.05, 4.69) is 12.4 Å². The predicted molar refractivity (Wildman–Crippen MR) is 68.4 cm³/mol. The number of hydrogen-bond acceptors (Lipinski definition) is 2. The van der Waals surface area contributed by atoms with Gasteiger partial charge < -0.3 is 11.5 Å². The number of nitrogens with two attached hydrogens (primary N) is 2. The summed E-state index contributed by atoms with van der Waals surface area (Å²) in [5, 5.41) is 0. The van der Waals surface area contributed by atoms with Gasteiger partial charge in [0.2, 0.25) is 0 Å². The summed E-state index contributed by atoms with van der Waals surface area (Å²) in [6.45, 7) is 1.81. The molecule has 0 spiro atoms. The molecule has 0 radical (unpaired) electrons. The highest BCUT2D eigenvalue weighted by Gasteiger charge is 2.26. The molecule has 0 aromatic carbocycles. The van der Waals surface area contributed by atoms with E-state index in [0.717, 1.165) is 21.6 Å². The monoisotopic (exact) mass is 256 g/mol. The normalized spacial score (nSPS) is 20.8. The topological polar surface area (TPSA) is 92.7 Å². The van der Waals surface area contributed by atoms with Crippen molar-refractivity contribution in [1.82, 2.24) is 9.80 Å². The molecule has 2 heterocycles. The maximum atomic E-state index is 11.0. The smallest absolute Gasteiger partial charge is 0.311 e. The highest BCUT2D eigenvalue weighted by Crippen LogP contribution is 2.24. The number of urea groups is 2. The van der Waals surface area contributed by atoms with Crippen molar-refractivity contribution in [3.63, 3.8) is 0 Å². The molecular weight excluding hydrogens is 244 g/mol. The summed E-state index contributed by atoms with van der Waals surface area (Å²) in [6, 6.07) is -1.20. The summed E-state index contributed by atoms with van der Waals surface area (Å²) in [4.78, 5) is 24.3. The van der Waals surface area contributed by atoms with Crippen molar-refractivity contribution < 1.29 is 9.59 Å². The fourth-order valence-corrected chi connectivity index (χ4v) is 1.68. The molecule has 94 valence electrons. The highest BCUT2D eigenvalue weighted by molar-refractivity contribution is 5.76. The van der Waals surface area contributed by atoms with Crippen LogP contribution in [0.1, 0.15) is 6.92 Å². The van der Waals surface area contributed by atoms with Crippen molar-refractivity contribution in [1.29, 1.82) is 0 Å². The van der Waals surface area contributed by atoms with Gasteiger partial charge in [-0.05, 0) is 6.92 Å². The largest absolute Gasteiger partial charge is 0.411 e. The van der Waals surface area contributed by atoms with Crippen molar-refractivity contribution in [2.75, 3.05) is 0 Å². The second kappa shape index (κ2) is 4.74. The van der Waals surface area contributed by atoms with Crippen molar-refractivity contribution >= 4 is 12.1 Å². The lowest BCUT2D eigenvalue weighted by Crippen LogP contribution is -2.29. The van der Waals surface area contributed by atoms with Crippen LogP contribution in [0.3, 0.4) is 0 Å². The first-order valence-electron chi connectivity index (χ1n) is 5.47. The van der Waals surface area contributed by atoms with Crippen LogP contribution in [-0.2, 0) is 0 Å². The van der Waals surface area contributed by atoms with Gasteiger partial charge in [0.15, 0.2) is 0 Å². The van der Waals surface area contributed by atoms with E-state index in [4.69, 9.17) is 11.5 Å². The highest BCUT2D eigenvalue weighted by atomic mass is 16.2. The van der Waals surface area contributed by atoms with Crippen molar-refractivity contribution in [2.24, 2.45) is 11.5 Å². The molecule has 0 atom stereocenters. The summed E-state index contributed by atoms with van der Waals surface area (Å²) < 4.78 is 0. The third-order valence-electron chi connectivity index (χ3n) is 2.63. The molecule has 19 heavy (non-hydrogen) atoms. The molecule has 2 aliphatic rings. The molecule has 0 unspecified atom stereocenters. The molecule has 2 aliphatic heterocycles. The van der Waals surface area contributed by atoms with Crippen molar-refractivity contribution in [2.45, 2.75) is 6.92 Å². The third-order valence-corrected chi connectivity index (χ3v) is 2.63. The summed E-state index contributed by atoms with van der Waals surface area (Å²) in [7, 11) is 0. The Morgan fingerprint density at radius 2 is 1.74 bits per heavy atom. The molecule has 0 saturated heterocycles. The molecule has 6 nitrogen and oxygen atoms in total. The molecule has 4 N–H and O–H groups in total. The van der Waals surface area contributed by atoms with Gasteiger partial charge >= 0.3 is 12.1 Å². The number of hydrogen-bond donors (Lipinski definition) is 2. The van der Waals surface area contributed by atoms with E-state index in [1.54, 1.807) is 18.2 Å². The Morgan fingerprint density at radius 3 is 2.21 bits per heavy atom. The van der Waals surface area contributed by atoms with E-state index in [9.17, 15) is 9.59 Å². The Kier molecular flexibility index (Phi) is 3.12. The van der Waals surface area contributed by atoms with Crippen LogP contribution in [0.4, 0.5) is 9.59 Å². The zero-order valence-corrected chi connectivity index (χ0v) is 10.3. The molecule has 4 amide bonds. The minimum Gasteiger partial charge on any atom is -0.311 e. The van der Waals surface area contributed by atoms with Gasteiger partial charge in [0.25, 0.3) is 0 Å². The van der Waals surface area contributed by atoms with Crippen molar-refractivity contribution in [3.05, 3.63) is 59.7 Å². The molecule has 0 bridgehead atoms. The van der Waals surface area contributed by atoms with E-state index in [1.165, 1.54) is 17.3 Å². The number of amides is 4. The lowest BCUT2D eigenvalue weighted by Gasteiger charge is -2.08. The van der Waals surface area contributed by atoms with Gasteiger partial charge in [-0.3, -0.25) is 0 Å². The van der Waals surface area contributed by atoms with Crippen LogP contribution in [0.5, 0.6) is 0 Å². The fraction of sp³-hybridized carbons (Fsp3) is 0.0769. The second-order valence-corrected chi connectivity index (χ2v) is 3.93. The van der Waals surface area contributed by atoms with Crippen LogP contribution in [0.25, 0.3) is 0 Å². The molecule has 0 aromatic heterocycles. The Balaban J connectivity index is 2.28. The Labute approximate surface area is 110 Å². The first-order valence-corrected chi connectivity index (χ1v) is 5.47. The van der Waals surface area contributed by atoms with E-state index in [1.807, 2.05) is 6.92 Å². The average molecular weight is 256 g/mol. The van der Waals surface area contributed by atoms with E-state index in [0.29, 0.717) is 0 Å². The van der Waals surface area contributed by atoms with Crippen molar-refractivity contribution in [3.8, 4) is 0 Å². The van der Waals surface area contributed by atoms with Gasteiger partial charge in [0, 0.05) is 0 Å². The van der Waals surface area contributed by atoms with E-state index >= 15 is 0 Å². The van der Waals surface area contributed by atoms with Gasteiger partial charge in [0.05, 0.1) is 12.2 Å². The van der Waals surface area contributed by atoms with E-state index < -0.39 is 12.1 Å². The molecular formula is C13H12N4O2+2. The third kappa shape index (κ3) is 2.50. The zero-order valence-electron chi connectivity index (χ0n) is 10.3.